The third-order valence-corrected chi connectivity index (χ3v) is 7.84. The van der Waals surface area contributed by atoms with Crippen LogP contribution in [0.25, 0.3) is 0 Å². The first-order chi connectivity index (χ1) is 19.9. The number of hydrogen-bond acceptors (Lipinski definition) is 8. The van der Waals surface area contributed by atoms with E-state index in [9.17, 15) is 24.3 Å². The maximum absolute atomic E-state index is 13.6. The van der Waals surface area contributed by atoms with Crippen molar-refractivity contribution in [3.63, 3.8) is 0 Å². The Labute approximate surface area is 245 Å². The summed E-state index contributed by atoms with van der Waals surface area (Å²) in [6.45, 7) is 1.41. The molecule has 11 heteroatoms. The maximum atomic E-state index is 13.6. The summed E-state index contributed by atoms with van der Waals surface area (Å²) in [5.74, 6) is -1.98. The van der Waals surface area contributed by atoms with E-state index < -0.39 is 42.5 Å². The van der Waals surface area contributed by atoms with Gasteiger partial charge in [0.05, 0.1) is 32.3 Å². The second-order valence-electron chi connectivity index (χ2n) is 10.2. The highest BCUT2D eigenvalue weighted by atomic mass is 32.1. The predicted octanol–water partition coefficient (Wildman–Crippen LogP) is 2.49. The van der Waals surface area contributed by atoms with Gasteiger partial charge in [0.2, 0.25) is 11.8 Å². The van der Waals surface area contributed by atoms with E-state index in [0.717, 1.165) is 42.5 Å². The van der Waals surface area contributed by atoms with Crippen molar-refractivity contribution in [3.05, 3.63) is 58.3 Å². The molecule has 3 amide bonds. The highest BCUT2D eigenvalue weighted by Crippen LogP contribution is 2.27. The molecule has 1 aliphatic rings. The van der Waals surface area contributed by atoms with Gasteiger partial charge in [-0.25, -0.2) is 0 Å². The molecule has 0 bridgehead atoms. The number of thiophene rings is 1. The molecule has 1 heterocycles. The molecule has 1 aromatic carbocycles. The topological polar surface area (TPSA) is 143 Å². The quantitative estimate of drug-likeness (QED) is 0.221. The van der Waals surface area contributed by atoms with Gasteiger partial charge < -0.3 is 30.5 Å². The second-order valence-corrected chi connectivity index (χ2v) is 11.2. The van der Waals surface area contributed by atoms with E-state index in [2.05, 4.69) is 16.0 Å². The average molecular weight is 588 g/mol. The van der Waals surface area contributed by atoms with Crippen LogP contribution in [0.1, 0.15) is 55.9 Å². The van der Waals surface area contributed by atoms with Crippen molar-refractivity contribution in [1.29, 1.82) is 0 Å². The molecule has 41 heavy (non-hydrogen) atoms. The lowest BCUT2D eigenvalue weighted by Gasteiger charge is -2.29. The molecule has 0 spiro atoms. The van der Waals surface area contributed by atoms with Crippen molar-refractivity contribution < 1.29 is 33.8 Å². The molecule has 4 N–H and O–H groups in total. The number of ether oxygens (including phenoxy) is 2. The summed E-state index contributed by atoms with van der Waals surface area (Å²) in [5, 5.41) is 20.7. The van der Waals surface area contributed by atoms with Gasteiger partial charge in [-0.1, -0.05) is 68.5 Å². The fourth-order valence-corrected chi connectivity index (χ4v) is 5.54. The van der Waals surface area contributed by atoms with E-state index in [-0.39, 0.29) is 38.1 Å². The number of nitrogens with one attached hydrogen (secondary N) is 3. The van der Waals surface area contributed by atoms with E-state index in [4.69, 9.17) is 9.47 Å². The molecule has 0 saturated heterocycles. The Bertz CT molecular complexity index is 1090. The summed E-state index contributed by atoms with van der Waals surface area (Å²) in [6.07, 6.45) is 4.20. The largest absolute Gasteiger partial charge is 0.465 e. The Morgan fingerprint density at radius 1 is 1.00 bits per heavy atom. The number of aliphatic hydroxyl groups is 1. The monoisotopic (exact) mass is 587 g/mol. The van der Waals surface area contributed by atoms with E-state index in [1.807, 2.05) is 47.8 Å². The first kappa shape index (κ1) is 32.2. The van der Waals surface area contributed by atoms with Crippen LogP contribution in [0.2, 0.25) is 0 Å². The Balaban J connectivity index is 1.69. The third-order valence-electron chi connectivity index (χ3n) is 6.96. The van der Waals surface area contributed by atoms with Crippen LogP contribution in [0.4, 0.5) is 0 Å². The summed E-state index contributed by atoms with van der Waals surface area (Å²) in [6, 6.07) is 11.1. The number of aliphatic hydroxyl groups excluding tert-OH is 1. The summed E-state index contributed by atoms with van der Waals surface area (Å²) >= 11 is 1.47. The summed E-state index contributed by atoms with van der Waals surface area (Å²) in [7, 11) is 0. The van der Waals surface area contributed by atoms with Crippen LogP contribution in [0.15, 0.2) is 47.8 Å². The second kappa shape index (κ2) is 17.5. The smallest absolute Gasteiger partial charge is 0.325 e. The molecular weight excluding hydrogens is 546 g/mol. The molecule has 0 aliphatic heterocycles. The minimum atomic E-state index is -1.71. The summed E-state index contributed by atoms with van der Waals surface area (Å²) < 4.78 is 10.6. The van der Waals surface area contributed by atoms with Crippen LogP contribution in [-0.4, -0.2) is 66.7 Å². The molecule has 1 aromatic heterocycles. The van der Waals surface area contributed by atoms with Gasteiger partial charge in [0, 0.05) is 4.88 Å². The van der Waals surface area contributed by atoms with Gasteiger partial charge in [-0.2, -0.15) is 0 Å². The SMILES string of the molecule is CCOC(=O)CNC(=O)C(O)[C@H](COCc1ccccc1)NC(=O)[C@H](CC1CCCCC1)NC(=O)Cc1cccs1. The lowest BCUT2D eigenvalue weighted by Crippen LogP contribution is -2.57. The van der Waals surface area contributed by atoms with E-state index in [0.29, 0.717) is 6.42 Å². The van der Waals surface area contributed by atoms with E-state index in [1.54, 1.807) is 6.92 Å². The maximum Gasteiger partial charge on any atom is 0.325 e. The Morgan fingerprint density at radius 3 is 2.44 bits per heavy atom. The Kier molecular flexibility index (Phi) is 13.8. The van der Waals surface area contributed by atoms with Crippen LogP contribution in [0, 0.1) is 5.92 Å². The number of carbonyl (C=O) groups excluding carboxylic acids is 4. The van der Waals surface area contributed by atoms with Gasteiger partial charge in [-0.3, -0.25) is 19.2 Å². The molecule has 2 aromatic rings. The highest BCUT2D eigenvalue weighted by molar-refractivity contribution is 7.10. The number of rotatable bonds is 16. The first-order valence-electron chi connectivity index (χ1n) is 14.2. The number of hydrogen-bond donors (Lipinski definition) is 4. The fraction of sp³-hybridized carbons (Fsp3) is 0.533. The molecule has 3 atom stereocenters. The molecule has 3 rings (SSSR count). The minimum Gasteiger partial charge on any atom is -0.465 e. The Hall–Kier alpha value is -3.28. The normalized spacial score (nSPS) is 15.8. The molecule has 1 unspecified atom stereocenters. The van der Waals surface area contributed by atoms with Gasteiger partial charge in [0.15, 0.2) is 6.10 Å². The van der Waals surface area contributed by atoms with Gasteiger partial charge in [-0.15, -0.1) is 11.3 Å². The lowest BCUT2D eigenvalue weighted by atomic mass is 9.84. The van der Waals surface area contributed by atoms with Gasteiger partial charge in [0.25, 0.3) is 5.91 Å². The summed E-state index contributed by atoms with van der Waals surface area (Å²) in [4.78, 5) is 51.7. The van der Waals surface area contributed by atoms with Crippen LogP contribution in [0.3, 0.4) is 0 Å². The number of amides is 3. The van der Waals surface area contributed by atoms with Crippen LogP contribution in [-0.2, 0) is 41.7 Å². The van der Waals surface area contributed by atoms with Gasteiger partial charge >= 0.3 is 5.97 Å². The lowest BCUT2D eigenvalue weighted by molar-refractivity contribution is -0.145. The van der Waals surface area contributed by atoms with Crippen molar-refractivity contribution in [2.75, 3.05) is 19.8 Å². The molecule has 0 radical (unpaired) electrons. The van der Waals surface area contributed by atoms with Crippen molar-refractivity contribution in [1.82, 2.24) is 16.0 Å². The molecule has 1 fully saturated rings. The van der Waals surface area contributed by atoms with E-state index >= 15 is 0 Å². The third kappa shape index (κ3) is 11.6. The van der Waals surface area contributed by atoms with Crippen molar-refractivity contribution in [3.8, 4) is 0 Å². The molecule has 224 valence electrons. The fourth-order valence-electron chi connectivity index (χ4n) is 4.84. The standard InChI is InChI=1S/C30H41N3O7S/c1-2-40-27(35)18-31-30(38)28(36)25(20-39-19-22-12-7-4-8-13-22)33-29(37)24(16-21-10-5-3-6-11-21)32-26(34)17-23-14-9-15-41-23/h4,7-9,12-15,21,24-25,28,36H,2-3,5-6,10-11,16-20H2,1H3,(H,31,38)(H,32,34)(H,33,37)/t24-,25-,28?/m0/s1. The van der Waals surface area contributed by atoms with Crippen molar-refractivity contribution in [2.24, 2.45) is 5.92 Å². The first-order valence-corrected chi connectivity index (χ1v) is 15.1. The minimum absolute atomic E-state index is 0.157. The van der Waals surface area contributed by atoms with Gasteiger partial charge in [0.1, 0.15) is 12.6 Å². The van der Waals surface area contributed by atoms with E-state index in [1.165, 1.54) is 11.3 Å². The number of benzene rings is 1. The molecular formula is C30H41N3O7S. The highest BCUT2D eigenvalue weighted by Gasteiger charge is 2.32. The van der Waals surface area contributed by atoms with Crippen LogP contribution < -0.4 is 16.0 Å². The molecule has 10 nitrogen and oxygen atoms in total. The number of esters is 1. The van der Waals surface area contributed by atoms with Crippen LogP contribution in [0.5, 0.6) is 0 Å². The molecule has 1 saturated carbocycles. The zero-order valence-corrected chi connectivity index (χ0v) is 24.3. The number of carbonyl (C=O) groups is 4. The zero-order valence-electron chi connectivity index (χ0n) is 23.5. The van der Waals surface area contributed by atoms with Crippen molar-refractivity contribution in [2.45, 2.75) is 76.7 Å². The zero-order chi connectivity index (χ0) is 29.5. The average Bonchev–Trinajstić information content (AvgIpc) is 3.48. The van der Waals surface area contributed by atoms with Crippen LogP contribution >= 0.6 is 11.3 Å². The summed E-state index contributed by atoms with van der Waals surface area (Å²) in [5.41, 5.74) is 0.884. The van der Waals surface area contributed by atoms with Crippen molar-refractivity contribution >= 4 is 35.0 Å². The Morgan fingerprint density at radius 2 is 1.76 bits per heavy atom. The molecule has 1 aliphatic carbocycles. The predicted molar refractivity (Wildman–Crippen MR) is 155 cm³/mol. The van der Waals surface area contributed by atoms with Gasteiger partial charge in [-0.05, 0) is 36.3 Å².